The van der Waals surface area contributed by atoms with Gasteiger partial charge in [-0.15, -0.1) is 0 Å². The largest absolute Gasteiger partial charge is 0.379 e. The van der Waals surface area contributed by atoms with E-state index in [1.807, 2.05) is 0 Å². The normalized spacial score (nSPS) is 15.3. The Morgan fingerprint density at radius 3 is 2.92 bits per heavy atom. The summed E-state index contributed by atoms with van der Waals surface area (Å²) in [7, 11) is 0. The molecular formula is C17H23N5O2. The number of nitrogens with zero attached hydrogens (tertiary/aromatic N) is 4. The summed E-state index contributed by atoms with van der Waals surface area (Å²) in [5, 5.41) is 2.97. The van der Waals surface area contributed by atoms with Gasteiger partial charge in [0.05, 0.1) is 13.2 Å². The Balaban J connectivity index is 1.41. The van der Waals surface area contributed by atoms with Crippen molar-refractivity contribution < 1.29 is 9.53 Å². The fourth-order valence-corrected chi connectivity index (χ4v) is 2.68. The van der Waals surface area contributed by atoms with E-state index in [4.69, 9.17) is 4.74 Å². The third-order valence-corrected chi connectivity index (χ3v) is 4.07. The maximum absolute atomic E-state index is 12.2. The Kier molecular flexibility index (Phi) is 5.92. The van der Waals surface area contributed by atoms with Gasteiger partial charge in [0.25, 0.3) is 5.91 Å². The smallest absolute Gasteiger partial charge is 0.251 e. The highest BCUT2D eigenvalue weighted by atomic mass is 16.5. The number of amides is 1. The predicted octanol–water partition coefficient (Wildman–Crippen LogP) is 1.11. The van der Waals surface area contributed by atoms with Crippen molar-refractivity contribution in [3.05, 3.63) is 42.6 Å². The Morgan fingerprint density at radius 2 is 2.12 bits per heavy atom. The zero-order chi connectivity index (χ0) is 16.6. The molecule has 2 aromatic rings. The molecule has 1 amide bonds. The van der Waals surface area contributed by atoms with E-state index in [1.165, 1.54) is 0 Å². The molecule has 0 unspecified atom stereocenters. The molecular weight excluding hydrogens is 306 g/mol. The van der Waals surface area contributed by atoms with Crippen LogP contribution in [0.3, 0.4) is 0 Å². The van der Waals surface area contributed by atoms with Crippen LogP contribution in [0.25, 0.3) is 5.82 Å². The molecule has 0 atom stereocenters. The van der Waals surface area contributed by atoms with Crippen molar-refractivity contribution in [3.8, 4) is 5.82 Å². The van der Waals surface area contributed by atoms with Crippen LogP contribution in [0, 0.1) is 0 Å². The molecule has 0 radical (unpaired) electrons. The van der Waals surface area contributed by atoms with Crippen LogP contribution in [0.2, 0.25) is 0 Å². The number of ether oxygens (including phenoxy) is 1. The molecule has 1 aliphatic heterocycles. The molecule has 0 aromatic carbocycles. The molecule has 0 spiro atoms. The lowest BCUT2D eigenvalue weighted by Crippen LogP contribution is -2.37. The van der Waals surface area contributed by atoms with E-state index in [0.717, 1.165) is 45.7 Å². The van der Waals surface area contributed by atoms with Gasteiger partial charge in [-0.2, -0.15) is 0 Å². The third kappa shape index (κ3) is 4.62. The lowest BCUT2D eigenvalue weighted by molar-refractivity contribution is 0.0372. The second-order valence-corrected chi connectivity index (χ2v) is 5.79. The third-order valence-electron chi connectivity index (χ3n) is 4.07. The van der Waals surface area contributed by atoms with Crippen LogP contribution < -0.4 is 5.32 Å². The summed E-state index contributed by atoms with van der Waals surface area (Å²) < 4.78 is 7.11. The van der Waals surface area contributed by atoms with Crippen molar-refractivity contribution in [2.45, 2.75) is 12.8 Å². The molecule has 7 heteroatoms. The van der Waals surface area contributed by atoms with E-state index in [9.17, 15) is 4.79 Å². The summed E-state index contributed by atoms with van der Waals surface area (Å²) in [5.41, 5.74) is 0.613. The number of carbonyl (C=O) groups is 1. The number of hydrogen-bond donors (Lipinski definition) is 1. The van der Waals surface area contributed by atoms with Gasteiger partial charge in [-0.1, -0.05) is 0 Å². The summed E-state index contributed by atoms with van der Waals surface area (Å²) in [6, 6.07) is 3.49. The van der Waals surface area contributed by atoms with Gasteiger partial charge in [0.15, 0.2) is 0 Å². The number of aromatic nitrogens is 3. The SMILES string of the molecule is O=C(NCCCCN1CCOCC1)c1ccnc(-n2ccnc2)c1. The Morgan fingerprint density at radius 1 is 1.25 bits per heavy atom. The van der Waals surface area contributed by atoms with Crippen molar-refractivity contribution in [1.29, 1.82) is 0 Å². The molecule has 3 heterocycles. The molecule has 1 saturated heterocycles. The number of rotatable bonds is 7. The highest BCUT2D eigenvalue weighted by Crippen LogP contribution is 2.07. The highest BCUT2D eigenvalue weighted by molar-refractivity contribution is 5.94. The highest BCUT2D eigenvalue weighted by Gasteiger charge is 2.10. The number of carbonyl (C=O) groups excluding carboxylic acids is 1. The first-order valence-electron chi connectivity index (χ1n) is 8.35. The van der Waals surface area contributed by atoms with Crippen molar-refractivity contribution in [2.75, 3.05) is 39.4 Å². The van der Waals surface area contributed by atoms with Crippen LogP contribution in [0.15, 0.2) is 37.1 Å². The molecule has 0 aliphatic carbocycles. The topological polar surface area (TPSA) is 72.3 Å². The molecule has 0 bridgehead atoms. The second-order valence-electron chi connectivity index (χ2n) is 5.79. The zero-order valence-electron chi connectivity index (χ0n) is 13.7. The average molecular weight is 329 g/mol. The van der Waals surface area contributed by atoms with Crippen molar-refractivity contribution >= 4 is 5.91 Å². The second kappa shape index (κ2) is 8.56. The van der Waals surface area contributed by atoms with Gasteiger partial charge in [0.1, 0.15) is 12.1 Å². The molecule has 1 fully saturated rings. The number of morpholine rings is 1. The monoisotopic (exact) mass is 329 g/mol. The van der Waals surface area contributed by atoms with E-state index in [2.05, 4.69) is 20.2 Å². The Labute approximate surface area is 141 Å². The van der Waals surface area contributed by atoms with Crippen molar-refractivity contribution in [2.24, 2.45) is 0 Å². The summed E-state index contributed by atoms with van der Waals surface area (Å²) in [5.74, 6) is 0.623. The Hall–Kier alpha value is -2.25. The molecule has 3 rings (SSSR count). The van der Waals surface area contributed by atoms with Crippen LogP contribution in [-0.2, 0) is 4.74 Å². The number of hydrogen-bond acceptors (Lipinski definition) is 5. The van der Waals surface area contributed by atoms with Gasteiger partial charge in [-0.25, -0.2) is 9.97 Å². The first-order chi connectivity index (χ1) is 11.8. The van der Waals surface area contributed by atoms with Crippen molar-refractivity contribution in [3.63, 3.8) is 0 Å². The van der Waals surface area contributed by atoms with Crippen LogP contribution >= 0.6 is 0 Å². The number of unbranched alkanes of at least 4 members (excludes halogenated alkanes) is 1. The lowest BCUT2D eigenvalue weighted by Gasteiger charge is -2.26. The van der Waals surface area contributed by atoms with Crippen LogP contribution in [0.4, 0.5) is 0 Å². The van der Waals surface area contributed by atoms with Crippen LogP contribution in [0.1, 0.15) is 23.2 Å². The number of imidazole rings is 1. The minimum atomic E-state index is -0.0647. The molecule has 1 N–H and O–H groups in total. The van der Waals surface area contributed by atoms with E-state index in [1.54, 1.807) is 41.6 Å². The van der Waals surface area contributed by atoms with E-state index in [0.29, 0.717) is 17.9 Å². The first kappa shape index (κ1) is 16.6. The van der Waals surface area contributed by atoms with Gasteiger partial charge in [-0.3, -0.25) is 14.3 Å². The summed E-state index contributed by atoms with van der Waals surface area (Å²) >= 11 is 0. The van der Waals surface area contributed by atoms with Gasteiger partial charge in [0.2, 0.25) is 0 Å². The quantitative estimate of drug-likeness (QED) is 0.771. The maximum Gasteiger partial charge on any atom is 0.251 e. The molecule has 24 heavy (non-hydrogen) atoms. The summed E-state index contributed by atoms with van der Waals surface area (Å²) in [4.78, 5) is 22.9. The van der Waals surface area contributed by atoms with Gasteiger partial charge in [0, 0.05) is 43.8 Å². The first-order valence-corrected chi connectivity index (χ1v) is 8.35. The maximum atomic E-state index is 12.2. The summed E-state index contributed by atoms with van der Waals surface area (Å²) in [6.07, 6.45) is 8.84. The fraction of sp³-hybridized carbons (Fsp3) is 0.471. The molecule has 0 saturated carbocycles. The number of nitrogens with one attached hydrogen (secondary N) is 1. The van der Waals surface area contributed by atoms with Crippen LogP contribution in [-0.4, -0.2) is 64.7 Å². The average Bonchev–Trinajstić information content (AvgIpc) is 3.17. The Bertz CT molecular complexity index is 638. The predicted molar refractivity (Wildman–Crippen MR) is 90.2 cm³/mol. The lowest BCUT2D eigenvalue weighted by atomic mass is 10.2. The summed E-state index contributed by atoms with van der Waals surface area (Å²) in [6.45, 7) is 5.45. The van der Waals surface area contributed by atoms with E-state index < -0.39 is 0 Å². The minimum Gasteiger partial charge on any atom is -0.379 e. The number of pyridine rings is 1. The minimum absolute atomic E-state index is 0.0647. The van der Waals surface area contributed by atoms with Gasteiger partial charge >= 0.3 is 0 Å². The molecule has 128 valence electrons. The van der Waals surface area contributed by atoms with E-state index in [-0.39, 0.29) is 5.91 Å². The van der Waals surface area contributed by atoms with Crippen LogP contribution in [0.5, 0.6) is 0 Å². The van der Waals surface area contributed by atoms with Gasteiger partial charge in [-0.05, 0) is 31.5 Å². The van der Waals surface area contributed by atoms with Gasteiger partial charge < -0.3 is 10.1 Å². The molecule has 2 aromatic heterocycles. The van der Waals surface area contributed by atoms with E-state index >= 15 is 0 Å². The molecule has 1 aliphatic rings. The fourth-order valence-electron chi connectivity index (χ4n) is 2.68. The zero-order valence-corrected chi connectivity index (χ0v) is 13.7. The van der Waals surface area contributed by atoms with Crippen molar-refractivity contribution in [1.82, 2.24) is 24.8 Å². The molecule has 7 nitrogen and oxygen atoms in total. The standard InChI is InChI=1S/C17H23N5O2/c23-17(20-4-1-2-7-21-9-11-24-12-10-21)15-3-5-19-16(13-15)22-8-6-18-14-22/h3,5-6,8,13-14H,1-2,4,7,9-12H2,(H,20,23).